The van der Waals surface area contributed by atoms with Crippen LogP contribution >= 0.6 is 0 Å². The molecule has 0 spiro atoms. The van der Waals surface area contributed by atoms with Gasteiger partial charge in [-0.3, -0.25) is 9.59 Å². The minimum atomic E-state index is -1.04. The van der Waals surface area contributed by atoms with E-state index in [4.69, 9.17) is 24.7 Å². The van der Waals surface area contributed by atoms with Gasteiger partial charge in [-0.25, -0.2) is 9.59 Å². The van der Waals surface area contributed by atoms with Gasteiger partial charge in [0.25, 0.3) is 0 Å². The van der Waals surface area contributed by atoms with Crippen LogP contribution in [0.4, 0.5) is 9.59 Å². The van der Waals surface area contributed by atoms with Crippen molar-refractivity contribution in [2.24, 2.45) is 5.73 Å². The molecule has 0 fully saturated rings. The predicted octanol–water partition coefficient (Wildman–Crippen LogP) is 1.73. The number of hydrogen-bond donors (Lipinski definition) is 1. The second kappa shape index (κ2) is 12.3. The highest BCUT2D eigenvalue weighted by atomic mass is 16.7. The summed E-state index contributed by atoms with van der Waals surface area (Å²) in [6.07, 6.45) is -2.43. The Morgan fingerprint density at radius 1 is 1.00 bits per heavy atom. The maximum atomic E-state index is 12.1. The van der Waals surface area contributed by atoms with Gasteiger partial charge in [-0.15, -0.1) is 0 Å². The second-order valence-electron chi connectivity index (χ2n) is 5.99. The van der Waals surface area contributed by atoms with Crippen LogP contribution in [0.5, 0.6) is 11.5 Å². The van der Waals surface area contributed by atoms with E-state index in [2.05, 4.69) is 9.47 Å². The topological polar surface area (TPSA) is 150 Å². The largest absolute Gasteiger partial charge is 0.513 e. The Morgan fingerprint density at radius 3 is 2.17 bits per heavy atom. The average Bonchev–Trinajstić information content (AvgIpc) is 2.73. The van der Waals surface area contributed by atoms with Crippen LogP contribution < -0.4 is 15.2 Å². The fourth-order valence-electron chi connectivity index (χ4n) is 2.09. The number of ether oxygens (including phenoxy) is 6. The first-order valence-electron chi connectivity index (χ1n) is 8.96. The van der Waals surface area contributed by atoms with Crippen molar-refractivity contribution in [3.63, 3.8) is 0 Å². The number of carbonyl (C=O) groups is 4. The molecule has 0 saturated carbocycles. The molecule has 0 aliphatic rings. The van der Waals surface area contributed by atoms with E-state index in [9.17, 15) is 19.2 Å². The Kier molecular flexibility index (Phi) is 10.1. The summed E-state index contributed by atoms with van der Waals surface area (Å²) in [6, 6.07) is 3.17. The molecule has 1 aromatic carbocycles. The Bertz CT molecular complexity index is 764. The predicted molar refractivity (Wildman–Crippen MR) is 101 cm³/mol. The molecule has 2 atom stereocenters. The third-order valence-electron chi connectivity index (χ3n) is 3.57. The van der Waals surface area contributed by atoms with Crippen LogP contribution in [0.2, 0.25) is 0 Å². The quantitative estimate of drug-likeness (QED) is 0.349. The Morgan fingerprint density at radius 2 is 1.60 bits per heavy atom. The van der Waals surface area contributed by atoms with E-state index in [1.54, 1.807) is 13.8 Å². The molecule has 0 heterocycles. The van der Waals surface area contributed by atoms with Crippen LogP contribution in [0.15, 0.2) is 18.2 Å². The molecular formula is C19H25NO10. The molecule has 0 aromatic heterocycles. The van der Waals surface area contributed by atoms with E-state index in [-0.39, 0.29) is 30.9 Å². The number of carbonyl (C=O) groups excluding carboxylic acids is 4. The van der Waals surface area contributed by atoms with Crippen molar-refractivity contribution in [3.05, 3.63) is 23.8 Å². The fourth-order valence-corrected chi connectivity index (χ4v) is 2.09. The molecule has 11 heteroatoms. The first-order chi connectivity index (χ1) is 14.2. The molecule has 166 valence electrons. The van der Waals surface area contributed by atoms with Crippen LogP contribution in [0.25, 0.3) is 0 Å². The molecule has 0 unspecified atom stereocenters. The smallest absolute Gasteiger partial charge is 0.461 e. The molecule has 0 radical (unpaired) electrons. The molecular weight excluding hydrogens is 402 g/mol. The van der Waals surface area contributed by atoms with Gasteiger partial charge in [0.05, 0.1) is 14.2 Å². The highest BCUT2D eigenvalue weighted by molar-refractivity contribution is 5.76. The highest BCUT2D eigenvalue weighted by Crippen LogP contribution is 2.29. The van der Waals surface area contributed by atoms with Gasteiger partial charge in [0.2, 0.25) is 0 Å². The van der Waals surface area contributed by atoms with Crippen molar-refractivity contribution in [2.45, 2.75) is 38.8 Å². The molecule has 0 aliphatic carbocycles. The van der Waals surface area contributed by atoms with E-state index in [0.717, 1.165) is 14.2 Å². The number of hydrogen-bond acceptors (Lipinski definition) is 11. The summed E-state index contributed by atoms with van der Waals surface area (Å²) in [6.45, 7) is 3.10. The zero-order valence-corrected chi connectivity index (χ0v) is 17.2. The summed E-state index contributed by atoms with van der Waals surface area (Å²) in [4.78, 5) is 46.1. The van der Waals surface area contributed by atoms with E-state index < -0.39 is 36.4 Å². The van der Waals surface area contributed by atoms with Crippen molar-refractivity contribution in [3.8, 4) is 11.5 Å². The lowest BCUT2D eigenvalue weighted by atomic mass is 10.1. The van der Waals surface area contributed by atoms with Crippen molar-refractivity contribution in [1.82, 2.24) is 0 Å². The standard InChI is InChI=1S/C19H25NO10/c1-5-16(21)28-11(2)10-27-17(22)13(20)8-12-6-7-14(29-18(23)25-3)15(9-12)30-19(24)26-4/h6-7,9,11,13H,5,8,10,20H2,1-4H3/t11-,13-/m0/s1. The Labute approximate surface area is 173 Å². The average molecular weight is 427 g/mol. The van der Waals surface area contributed by atoms with Crippen LogP contribution in [0.1, 0.15) is 25.8 Å². The van der Waals surface area contributed by atoms with Crippen molar-refractivity contribution in [2.75, 3.05) is 20.8 Å². The van der Waals surface area contributed by atoms with Gasteiger partial charge in [0.15, 0.2) is 11.5 Å². The molecule has 0 amide bonds. The molecule has 1 rings (SSSR count). The van der Waals surface area contributed by atoms with Gasteiger partial charge in [-0.2, -0.15) is 0 Å². The normalized spacial score (nSPS) is 12.2. The van der Waals surface area contributed by atoms with Gasteiger partial charge in [0.1, 0.15) is 18.8 Å². The summed E-state index contributed by atoms with van der Waals surface area (Å²) in [5.41, 5.74) is 6.35. The molecule has 30 heavy (non-hydrogen) atoms. The summed E-state index contributed by atoms with van der Waals surface area (Å²) < 4.78 is 28.7. The van der Waals surface area contributed by atoms with Gasteiger partial charge in [0, 0.05) is 6.42 Å². The number of rotatable bonds is 9. The lowest BCUT2D eigenvalue weighted by Crippen LogP contribution is -2.36. The zero-order chi connectivity index (χ0) is 22.7. The lowest BCUT2D eigenvalue weighted by Gasteiger charge is -2.16. The number of benzene rings is 1. The third kappa shape index (κ3) is 8.35. The Balaban J connectivity index is 2.79. The first kappa shape index (κ1) is 24.7. The third-order valence-corrected chi connectivity index (χ3v) is 3.57. The SMILES string of the molecule is CCC(=O)O[C@@H](C)COC(=O)[C@@H](N)Cc1ccc(OC(=O)OC)c(OC(=O)OC)c1. The second-order valence-corrected chi connectivity index (χ2v) is 5.99. The van der Waals surface area contributed by atoms with E-state index in [1.807, 2.05) is 0 Å². The fraction of sp³-hybridized carbons (Fsp3) is 0.474. The monoisotopic (exact) mass is 427 g/mol. The number of esters is 2. The van der Waals surface area contributed by atoms with Crippen molar-refractivity contribution in [1.29, 1.82) is 0 Å². The summed E-state index contributed by atoms with van der Waals surface area (Å²) in [5, 5.41) is 0. The van der Waals surface area contributed by atoms with E-state index in [1.165, 1.54) is 18.2 Å². The maximum Gasteiger partial charge on any atom is 0.513 e. The van der Waals surface area contributed by atoms with Crippen LogP contribution in [-0.2, 0) is 35.0 Å². The van der Waals surface area contributed by atoms with Crippen molar-refractivity contribution < 1.29 is 47.6 Å². The van der Waals surface area contributed by atoms with Crippen LogP contribution in [-0.4, -0.2) is 57.2 Å². The number of methoxy groups -OCH3 is 2. The first-order valence-corrected chi connectivity index (χ1v) is 8.96. The van der Waals surface area contributed by atoms with Crippen molar-refractivity contribution >= 4 is 24.2 Å². The zero-order valence-electron chi connectivity index (χ0n) is 17.2. The summed E-state index contributed by atoms with van der Waals surface area (Å²) >= 11 is 0. The maximum absolute atomic E-state index is 12.1. The molecule has 0 saturated heterocycles. The molecule has 11 nitrogen and oxygen atoms in total. The minimum absolute atomic E-state index is 0.0258. The lowest BCUT2D eigenvalue weighted by molar-refractivity contribution is -0.158. The van der Waals surface area contributed by atoms with E-state index in [0.29, 0.717) is 5.56 Å². The van der Waals surface area contributed by atoms with Gasteiger partial charge >= 0.3 is 24.2 Å². The number of nitrogens with two attached hydrogens (primary N) is 1. The van der Waals surface area contributed by atoms with Gasteiger partial charge in [-0.05, 0) is 31.0 Å². The molecule has 0 aliphatic heterocycles. The molecule has 2 N–H and O–H groups in total. The molecule has 1 aromatic rings. The summed E-state index contributed by atoms with van der Waals surface area (Å²) in [7, 11) is 2.23. The van der Waals surface area contributed by atoms with Gasteiger partial charge < -0.3 is 34.2 Å². The van der Waals surface area contributed by atoms with E-state index >= 15 is 0 Å². The van der Waals surface area contributed by atoms with Crippen LogP contribution in [0, 0.1) is 0 Å². The van der Waals surface area contributed by atoms with Crippen LogP contribution in [0.3, 0.4) is 0 Å². The highest BCUT2D eigenvalue weighted by Gasteiger charge is 2.20. The van der Waals surface area contributed by atoms with Gasteiger partial charge in [-0.1, -0.05) is 13.0 Å². The summed E-state index contributed by atoms with van der Waals surface area (Å²) in [5.74, 6) is -1.35. The minimum Gasteiger partial charge on any atom is -0.461 e. The Hall–Kier alpha value is -3.34. The molecule has 0 bridgehead atoms.